The van der Waals surface area contributed by atoms with Gasteiger partial charge in [-0.3, -0.25) is 4.79 Å². The second-order valence-electron chi connectivity index (χ2n) is 8.89. The first-order valence-corrected chi connectivity index (χ1v) is 12.2. The minimum atomic E-state index is -1.68. The Hall–Kier alpha value is -3.20. The number of aliphatic hydroxyl groups is 4. The molecule has 5 N–H and O–H groups in total. The number of aliphatic hydroxyl groups excluding tert-OH is 4. The third-order valence-corrected chi connectivity index (χ3v) is 6.50. The van der Waals surface area contributed by atoms with Crippen molar-refractivity contribution >= 4 is 11.9 Å². The highest BCUT2D eigenvalue weighted by molar-refractivity contribution is 5.90. The summed E-state index contributed by atoms with van der Waals surface area (Å²) < 4.78 is 31.8. The molecule has 0 bridgehead atoms. The second-order valence-corrected chi connectivity index (χ2v) is 8.89. The molecule has 0 saturated carbocycles. The van der Waals surface area contributed by atoms with Gasteiger partial charge >= 0.3 is 11.9 Å². The molecule has 1 aromatic carbocycles. The lowest BCUT2D eigenvalue weighted by Crippen LogP contribution is -2.60. The molecular formula is C26H34O13. The summed E-state index contributed by atoms with van der Waals surface area (Å²) in [6.07, 6.45) is -6.24. The average molecular weight is 555 g/mol. The van der Waals surface area contributed by atoms with Crippen molar-refractivity contribution < 1.29 is 63.5 Å². The van der Waals surface area contributed by atoms with Crippen LogP contribution in [0.1, 0.15) is 18.9 Å². The van der Waals surface area contributed by atoms with Gasteiger partial charge in [0.1, 0.15) is 24.4 Å². The van der Waals surface area contributed by atoms with E-state index in [1.165, 1.54) is 20.3 Å². The molecule has 13 heteroatoms. The van der Waals surface area contributed by atoms with Crippen molar-refractivity contribution in [1.29, 1.82) is 0 Å². The molecule has 0 aromatic heterocycles. The van der Waals surface area contributed by atoms with Crippen LogP contribution >= 0.6 is 0 Å². The lowest BCUT2D eigenvalue weighted by Gasteiger charge is -2.41. The zero-order valence-corrected chi connectivity index (χ0v) is 21.8. The predicted octanol–water partition coefficient (Wildman–Crippen LogP) is -0.331. The first-order chi connectivity index (χ1) is 18.6. The van der Waals surface area contributed by atoms with Gasteiger partial charge in [0.15, 0.2) is 17.8 Å². The largest absolute Gasteiger partial charge is 0.504 e. The molecule has 0 aliphatic carbocycles. The highest BCUT2D eigenvalue weighted by Gasteiger charge is 2.46. The summed E-state index contributed by atoms with van der Waals surface area (Å²) in [6.45, 7) is 0.974. The van der Waals surface area contributed by atoms with E-state index in [9.17, 15) is 35.1 Å². The number of allylic oxidation sites excluding steroid dienone is 1. The molecule has 7 atom stereocenters. The summed E-state index contributed by atoms with van der Waals surface area (Å²) in [7, 11) is 2.61. The molecule has 1 fully saturated rings. The topological polar surface area (TPSA) is 191 Å². The third kappa shape index (κ3) is 7.06. The van der Waals surface area contributed by atoms with Crippen LogP contribution in [0.15, 0.2) is 41.7 Å². The third-order valence-electron chi connectivity index (χ3n) is 6.50. The number of phenolic OH excluding ortho intramolecular Hbond substituents is 1. The number of benzene rings is 1. The van der Waals surface area contributed by atoms with E-state index in [1.807, 2.05) is 0 Å². The Morgan fingerprint density at radius 1 is 1.10 bits per heavy atom. The maximum atomic E-state index is 12.8. The molecule has 2 aliphatic heterocycles. The predicted molar refractivity (Wildman–Crippen MR) is 131 cm³/mol. The minimum absolute atomic E-state index is 0.00106. The fourth-order valence-corrected chi connectivity index (χ4v) is 4.32. The Bertz CT molecular complexity index is 1070. The Morgan fingerprint density at radius 2 is 1.85 bits per heavy atom. The van der Waals surface area contributed by atoms with Crippen LogP contribution in [0.3, 0.4) is 0 Å². The lowest BCUT2D eigenvalue weighted by molar-refractivity contribution is -0.327. The summed E-state index contributed by atoms with van der Waals surface area (Å²) in [5.74, 6) is -1.99. The van der Waals surface area contributed by atoms with Crippen molar-refractivity contribution in [1.82, 2.24) is 0 Å². The summed E-state index contributed by atoms with van der Waals surface area (Å²) in [5, 5.41) is 49.7. The number of hydrogen-bond acceptors (Lipinski definition) is 13. The standard InChI is InChI=1S/C26H34O13/c1-4-14-15(10-20(29)36-8-7-13-5-6-18(34-2)17(28)9-13)16(24(33)35-3)12-37-25(14)39-26-23(32)22(31)21(30)19(11-27)38-26/h4-6,9,12,15,19,21-23,25-28,30-32H,7-8,10-11H2,1-3H3/b14-4+/t15-,19+,21+,22-,23+,25-,26-/m0/s1. The van der Waals surface area contributed by atoms with E-state index in [0.717, 1.165) is 6.26 Å². The molecule has 1 saturated heterocycles. The quantitative estimate of drug-likeness (QED) is 0.187. The van der Waals surface area contributed by atoms with Gasteiger partial charge < -0.3 is 54.0 Å². The molecule has 216 valence electrons. The number of carbonyl (C=O) groups is 2. The zero-order valence-electron chi connectivity index (χ0n) is 21.8. The van der Waals surface area contributed by atoms with Gasteiger partial charge in [-0.15, -0.1) is 0 Å². The van der Waals surface area contributed by atoms with Crippen molar-refractivity contribution in [3.63, 3.8) is 0 Å². The van der Waals surface area contributed by atoms with Gasteiger partial charge in [0, 0.05) is 17.9 Å². The molecular weight excluding hydrogens is 520 g/mol. The van der Waals surface area contributed by atoms with E-state index in [0.29, 0.717) is 23.3 Å². The van der Waals surface area contributed by atoms with Gasteiger partial charge in [0.2, 0.25) is 6.29 Å². The lowest BCUT2D eigenvalue weighted by atomic mass is 9.86. The van der Waals surface area contributed by atoms with Crippen LogP contribution in [0, 0.1) is 5.92 Å². The van der Waals surface area contributed by atoms with Gasteiger partial charge in [-0.05, 0) is 24.6 Å². The first kappa shape index (κ1) is 30.3. The van der Waals surface area contributed by atoms with Crippen LogP contribution in [-0.2, 0) is 39.7 Å². The zero-order chi connectivity index (χ0) is 28.7. The summed E-state index contributed by atoms with van der Waals surface area (Å²) in [6, 6.07) is 4.82. The SMILES string of the molecule is C/C=C1/[C@H](O[C@@H]2O[C@H](CO)[C@@H](O)[C@H](O)[C@H]2O)OC=C(C(=O)OC)[C@H]1CC(=O)OCCc1ccc(OC)c(O)c1. The van der Waals surface area contributed by atoms with Gasteiger partial charge in [0.05, 0.1) is 45.7 Å². The van der Waals surface area contributed by atoms with Crippen LogP contribution in [0.2, 0.25) is 0 Å². The van der Waals surface area contributed by atoms with Crippen molar-refractivity contribution in [3.05, 3.63) is 47.2 Å². The highest BCUT2D eigenvalue weighted by atomic mass is 16.8. The van der Waals surface area contributed by atoms with Crippen molar-refractivity contribution in [2.75, 3.05) is 27.4 Å². The molecule has 3 rings (SSSR count). The maximum Gasteiger partial charge on any atom is 0.337 e. The number of ether oxygens (including phenoxy) is 6. The second kappa shape index (κ2) is 13.7. The number of rotatable bonds is 10. The fraction of sp³-hybridized carbons (Fsp3) is 0.538. The maximum absolute atomic E-state index is 12.8. The van der Waals surface area contributed by atoms with Crippen molar-refractivity contribution in [2.24, 2.45) is 5.92 Å². The number of hydrogen-bond donors (Lipinski definition) is 5. The van der Waals surface area contributed by atoms with Crippen LogP contribution < -0.4 is 4.74 Å². The van der Waals surface area contributed by atoms with E-state index in [4.69, 9.17) is 28.4 Å². The molecule has 13 nitrogen and oxygen atoms in total. The van der Waals surface area contributed by atoms with E-state index in [2.05, 4.69) is 0 Å². The first-order valence-electron chi connectivity index (χ1n) is 12.2. The highest BCUT2D eigenvalue weighted by Crippen LogP contribution is 2.36. The number of phenols is 1. The minimum Gasteiger partial charge on any atom is -0.504 e. The number of methoxy groups -OCH3 is 2. The van der Waals surface area contributed by atoms with Gasteiger partial charge in [-0.1, -0.05) is 12.1 Å². The molecule has 39 heavy (non-hydrogen) atoms. The van der Waals surface area contributed by atoms with E-state index >= 15 is 0 Å². The van der Waals surface area contributed by atoms with Crippen molar-refractivity contribution in [3.8, 4) is 11.5 Å². The Labute approximate surface area is 224 Å². The van der Waals surface area contributed by atoms with Gasteiger partial charge in [-0.2, -0.15) is 0 Å². The van der Waals surface area contributed by atoms with Crippen LogP contribution in [0.5, 0.6) is 11.5 Å². The Kier molecular flexibility index (Phi) is 10.7. The number of esters is 2. The van der Waals surface area contributed by atoms with E-state index in [-0.39, 0.29) is 24.4 Å². The Morgan fingerprint density at radius 3 is 2.46 bits per heavy atom. The summed E-state index contributed by atoms with van der Waals surface area (Å²) in [4.78, 5) is 25.2. The number of aromatic hydroxyl groups is 1. The van der Waals surface area contributed by atoms with Gasteiger partial charge in [0.25, 0.3) is 0 Å². The average Bonchev–Trinajstić information content (AvgIpc) is 2.93. The normalized spacial score (nSPS) is 29.8. The number of carbonyl (C=O) groups excluding carboxylic acids is 2. The Balaban J connectivity index is 1.70. The molecule has 1 aromatic rings. The molecule has 0 amide bonds. The van der Waals surface area contributed by atoms with Crippen LogP contribution in [-0.4, -0.2) is 102 Å². The van der Waals surface area contributed by atoms with Gasteiger partial charge in [-0.25, -0.2) is 4.79 Å². The molecule has 2 heterocycles. The molecule has 0 radical (unpaired) electrons. The smallest absolute Gasteiger partial charge is 0.337 e. The molecule has 0 unspecified atom stereocenters. The fourth-order valence-electron chi connectivity index (χ4n) is 4.32. The van der Waals surface area contributed by atoms with Crippen LogP contribution in [0.25, 0.3) is 0 Å². The summed E-state index contributed by atoms with van der Waals surface area (Å²) in [5.41, 5.74) is 1.05. The molecule has 0 spiro atoms. The van der Waals surface area contributed by atoms with Crippen molar-refractivity contribution in [2.45, 2.75) is 56.8 Å². The monoisotopic (exact) mass is 554 g/mol. The van der Waals surface area contributed by atoms with Crippen LogP contribution in [0.4, 0.5) is 0 Å². The molecule has 2 aliphatic rings. The summed E-state index contributed by atoms with van der Waals surface area (Å²) >= 11 is 0. The van der Waals surface area contributed by atoms with E-state index in [1.54, 1.807) is 25.1 Å². The van der Waals surface area contributed by atoms with E-state index < -0.39 is 61.5 Å².